The Morgan fingerprint density at radius 1 is 1.21 bits per heavy atom. The molecule has 2 N–H and O–H groups in total. The molecule has 1 aromatic carbocycles. The molecule has 2 heterocycles. The van der Waals surface area contributed by atoms with Crippen molar-refractivity contribution in [2.45, 2.75) is 52.1 Å². The van der Waals surface area contributed by atoms with Crippen molar-refractivity contribution < 1.29 is 18.4 Å². The van der Waals surface area contributed by atoms with Crippen LogP contribution >= 0.6 is 0 Å². The van der Waals surface area contributed by atoms with E-state index in [9.17, 15) is 18.4 Å². The molecule has 0 spiro atoms. The molecular weight excluding hydrogens is 378 g/mol. The molecule has 1 atom stereocenters. The van der Waals surface area contributed by atoms with Crippen molar-refractivity contribution in [3.63, 3.8) is 0 Å². The van der Waals surface area contributed by atoms with Crippen LogP contribution in [0.4, 0.5) is 8.78 Å². The van der Waals surface area contributed by atoms with Crippen LogP contribution in [-0.4, -0.2) is 34.5 Å². The minimum atomic E-state index is -0.960. The molecule has 0 radical (unpaired) electrons. The maximum Gasteiger partial charge on any atom is 0.272 e. The monoisotopic (exact) mass is 404 g/mol. The fourth-order valence-electron chi connectivity index (χ4n) is 3.68. The number of hydrogen-bond acceptors (Lipinski definition) is 3. The predicted molar refractivity (Wildman–Crippen MR) is 105 cm³/mol. The van der Waals surface area contributed by atoms with E-state index in [1.807, 2.05) is 18.4 Å². The summed E-state index contributed by atoms with van der Waals surface area (Å²) in [5.74, 6) is -1.94. The topological polar surface area (TPSA) is 76.0 Å². The Bertz CT molecular complexity index is 924. The highest BCUT2D eigenvalue weighted by Gasteiger charge is 2.28. The molecule has 0 fully saturated rings. The van der Waals surface area contributed by atoms with Gasteiger partial charge in [0, 0.05) is 19.2 Å². The number of imidazole rings is 1. The van der Waals surface area contributed by atoms with E-state index in [2.05, 4.69) is 15.6 Å². The number of carbonyl (C=O) groups is 2. The van der Waals surface area contributed by atoms with Gasteiger partial charge in [0.25, 0.3) is 5.91 Å². The fourth-order valence-corrected chi connectivity index (χ4v) is 3.68. The minimum Gasteiger partial charge on any atom is -0.357 e. The number of aromatic nitrogens is 2. The van der Waals surface area contributed by atoms with Crippen LogP contribution in [0.15, 0.2) is 18.2 Å². The standard InChI is InChI=1S/C21H26F2N4O2/c1-12(2)10-16(20(28)24-3)25-21(29)18-17-6-4-5-9-27(17)19(26-18)13-7-8-14(22)15(23)11-13/h7-8,11-12,16H,4-6,9-10H2,1-3H3,(H,24,28)(H,25,29). The third-order valence-electron chi connectivity index (χ3n) is 5.09. The van der Waals surface area contributed by atoms with E-state index >= 15 is 0 Å². The lowest BCUT2D eigenvalue weighted by Gasteiger charge is -2.20. The van der Waals surface area contributed by atoms with E-state index in [1.54, 1.807) is 0 Å². The van der Waals surface area contributed by atoms with Crippen LogP contribution in [0.5, 0.6) is 0 Å². The molecule has 0 saturated carbocycles. The number of rotatable bonds is 6. The van der Waals surface area contributed by atoms with Crippen LogP contribution in [0.3, 0.4) is 0 Å². The van der Waals surface area contributed by atoms with Crippen LogP contribution in [0, 0.1) is 17.6 Å². The smallest absolute Gasteiger partial charge is 0.272 e. The second-order valence-corrected chi connectivity index (χ2v) is 7.74. The molecule has 3 rings (SSSR count). The SMILES string of the molecule is CNC(=O)C(CC(C)C)NC(=O)c1nc(-c2ccc(F)c(F)c2)n2c1CCCC2. The molecule has 0 saturated heterocycles. The number of fused-ring (bicyclic) bond motifs is 1. The molecule has 29 heavy (non-hydrogen) atoms. The average Bonchev–Trinajstić information content (AvgIpc) is 3.08. The largest absolute Gasteiger partial charge is 0.357 e. The van der Waals surface area contributed by atoms with Gasteiger partial charge in [-0.05, 0) is 49.8 Å². The summed E-state index contributed by atoms with van der Waals surface area (Å²) in [6, 6.07) is 2.93. The molecule has 1 aliphatic heterocycles. The fraction of sp³-hybridized carbons (Fsp3) is 0.476. The van der Waals surface area contributed by atoms with Gasteiger partial charge in [-0.2, -0.15) is 0 Å². The van der Waals surface area contributed by atoms with Crippen molar-refractivity contribution in [2.24, 2.45) is 5.92 Å². The van der Waals surface area contributed by atoms with Crippen LogP contribution in [-0.2, 0) is 17.8 Å². The summed E-state index contributed by atoms with van der Waals surface area (Å²) in [6.45, 7) is 4.60. The summed E-state index contributed by atoms with van der Waals surface area (Å²) in [7, 11) is 1.53. The summed E-state index contributed by atoms with van der Waals surface area (Å²) in [4.78, 5) is 29.6. The van der Waals surface area contributed by atoms with Crippen molar-refractivity contribution in [3.8, 4) is 11.4 Å². The van der Waals surface area contributed by atoms with Crippen molar-refractivity contribution >= 4 is 11.8 Å². The van der Waals surface area contributed by atoms with Gasteiger partial charge in [-0.25, -0.2) is 13.8 Å². The van der Waals surface area contributed by atoms with Crippen LogP contribution in [0.2, 0.25) is 0 Å². The van der Waals surface area contributed by atoms with E-state index in [0.717, 1.165) is 30.7 Å². The van der Waals surface area contributed by atoms with Crippen LogP contribution in [0.1, 0.15) is 49.3 Å². The van der Waals surface area contributed by atoms with Gasteiger partial charge in [0.05, 0.1) is 5.69 Å². The number of nitrogens with zero attached hydrogens (tertiary/aromatic N) is 2. The van der Waals surface area contributed by atoms with Crippen LogP contribution < -0.4 is 10.6 Å². The first-order valence-corrected chi connectivity index (χ1v) is 9.89. The van der Waals surface area contributed by atoms with Crippen LogP contribution in [0.25, 0.3) is 11.4 Å². The molecule has 156 valence electrons. The Morgan fingerprint density at radius 3 is 2.62 bits per heavy atom. The summed E-state index contributed by atoms with van der Waals surface area (Å²) in [5, 5.41) is 5.37. The van der Waals surface area contributed by atoms with Crippen molar-refractivity contribution in [1.82, 2.24) is 20.2 Å². The maximum absolute atomic E-state index is 13.7. The lowest BCUT2D eigenvalue weighted by Crippen LogP contribution is -2.46. The zero-order chi connectivity index (χ0) is 21.1. The van der Waals surface area contributed by atoms with Gasteiger partial charge in [0.2, 0.25) is 5.91 Å². The third kappa shape index (κ3) is 4.46. The first-order chi connectivity index (χ1) is 13.8. The molecule has 2 amide bonds. The minimum absolute atomic E-state index is 0.214. The molecule has 2 aromatic rings. The first kappa shape index (κ1) is 21.0. The van der Waals surface area contributed by atoms with Gasteiger partial charge in [0.1, 0.15) is 17.6 Å². The second-order valence-electron chi connectivity index (χ2n) is 7.74. The van der Waals surface area contributed by atoms with Gasteiger partial charge in [0.15, 0.2) is 11.6 Å². The maximum atomic E-state index is 13.7. The molecular formula is C21H26F2N4O2. The summed E-state index contributed by atoms with van der Waals surface area (Å²) in [5.41, 5.74) is 1.41. The normalized spacial score (nSPS) is 14.4. The number of halogens is 2. The van der Waals surface area contributed by atoms with E-state index in [-0.39, 0.29) is 17.5 Å². The van der Waals surface area contributed by atoms with Crippen molar-refractivity contribution in [3.05, 3.63) is 41.2 Å². The third-order valence-corrected chi connectivity index (χ3v) is 5.09. The van der Waals surface area contributed by atoms with E-state index in [0.29, 0.717) is 30.8 Å². The Hall–Kier alpha value is -2.77. The first-order valence-electron chi connectivity index (χ1n) is 9.89. The summed E-state index contributed by atoms with van der Waals surface area (Å²) in [6.07, 6.45) is 2.98. The zero-order valence-corrected chi connectivity index (χ0v) is 16.9. The molecule has 6 nitrogen and oxygen atoms in total. The van der Waals surface area contributed by atoms with Crippen molar-refractivity contribution in [1.29, 1.82) is 0 Å². The van der Waals surface area contributed by atoms with E-state index in [1.165, 1.54) is 13.1 Å². The highest BCUT2D eigenvalue weighted by atomic mass is 19.2. The highest BCUT2D eigenvalue weighted by Crippen LogP contribution is 2.28. The van der Waals surface area contributed by atoms with E-state index in [4.69, 9.17) is 0 Å². The average molecular weight is 404 g/mol. The lowest BCUT2D eigenvalue weighted by atomic mass is 10.0. The Kier molecular flexibility index (Phi) is 6.30. The Labute approximate surface area is 168 Å². The lowest BCUT2D eigenvalue weighted by molar-refractivity contribution is -0.122. The Balaban J connectivity index is 1.96. The number of benzene rings is 1. The van der Waals surface area contributed by atoms with Gasteiger partial charge in [-0.3, -0.25) is 9.59 Å². The van der Waals surface area contributed by atoms with Gasteiger partial charge in [-0.15, -0.1) is 0 Å². The molecule has 1 aromatic heterocycles. The van der Waals surface area contributed by atoms with Crippen molar-refractivity contribution in [2.75, 3.05) is 7.05 Å². The Morgan fingerprint density at radius 2 is 1.97 bits per heavy atom. The molecule has 1 aliphatic rings. The quantitative estimate of drug-likeness (QED) is 0.777. The predicted octanol–water partition coefficient (Wildman–Crippen LogP) is 3.06. The van der Waals surface area contributed by atoms with Gasteiger partial charge < -0.3 is 15.2 Å². The zero-order valence-electron chi connectivity index (χ0n) is 16.9. The number of hydrogen-bond donors (Lipinski definition) is 2. The molecule has 0 aliphatic carbocycles. The molecule has 1 unspecified atom stereocenters. The van der Waals surface area contributed by atoms with E-state index < -0.39 is 23.6 Å². The number of nitrogens with one attached hydrogen (secondary N) is 2. The summed E-state index contributed by atoms with van der Waals surface area (Å²) < 4.78 is 29.0. The second kappa shape index (κ2) is 8.71. The highest BCUT2D eigenvalue weighted by molar-refractivity contribution is 5.97. The van der Waals surface area contributed by atoms with Gasteiger partial charge >= 0.3 is 0 Å². The number of likely N-dealkylation sites (N-methyl/N-ethyl adjacent to an activating group) is 1. The molecule has 8 heteroatoms. The molecule has 0 bridgehead atoms. The summed E-state index contributed by atoms with van der Waals surface area (Å²) >= 11 is 0. The number of carbonyl (C=O) groups excluding carboxylic acids is 2. The number of amides is 2. The van der Waals surface area contributed by atoms with Gasteiger partial charge in [-0.1, -0.05) is 13.8 Å².